The summed E-state index contributed by atoms with van der Waals surface area (Å²) in [7, 11) is 0. The molecule has 1 unspecified atom stereocenters. The second-order valence-corrected chi connectivity index (χ2v) is 11.0. The zero-order valence-electron chi connectivity index (χ0n) is 22.2. The number of anilines is 1. The van der Waals surface area contributed by atoms with Crippen molar-refractivity contribution in [2.24, 2.45) is 0 Å². The SMILES string of the molecule is CCOc1ccc(C2/C(=C(\O)c3ccccc3)C(=O)C(=O)N2c2nnc(SCc3ccccc3F)s2)cc1OCC. The average molecular weight is 592 g/mol. The highest BCUT2D eigenvalue weighted by Gasteiger charge is 2.48. The number of aliphatic hydroxyl groups is 1. The fourth-order valence-electron chi connectivity index (χ4n) is 4.45. The van der Waals surface area contributed by atoms with E-state index in [2.05, 4.69) is 10.2 Å². The van der Waals surface area contributed by atoms with E-state index in [0.717, 1.165) is 11.3 Å². The molecule has 0 spiro atoms. The predicted molar refractivity (Wildman–Crippen MR) is 156 cm³/mol. The molecule has 3 aromatic carbocycles. The van der Waals surface area contributed by atoms with Gasteiger partial charge in [-0.15, -0.1) is 10.2 Å². The van der Waals surface area contributed by atoms with Gasteiger partial charge in [-0.3, -0.25) is 14.5 Å². The molecule has 1 aromatic heterocycles. The van der Waals surface area contributed by atoms with E-state index in [0.29, 0.717) is 51.5 Å². The summed E-state index contributed by atoms with van der Waals surface area (Å²) in [5, 5.41) is 19.9. The van der Waals surface area contributed by atoms with Crippen molar-refractivity contribution in [3.05, 3.63) is 101 Å². The highest BCUT2D eigenvalue weighted by molar-refractivity contribution is 8.00. The minimum atomic E-state index is -1.01. The van der Waals surface area contributed by atoms with Crippen molar-refractivity contribution in [3.63, 3.8) is 0 Å². The minimum Gasteiger partial charge on any atom is -0.507 e. The molecular weight excluding hydrogens is 565 g/mol. The largest absolute Gasteiger partial charge is 0.507 e. The number of hydrogen-bond acceptors (Lipinski definition) is 9. The number of hydrogen-bond donors (Lipinski definition) is 1. The van der Waals surface area contributed by atoms with E-state index in [9.17, 15) is 19.1 Å². The molecular formula is C30H26FN3O5S2. The maximum absolute atomic E-state index is 14.1. The molecule has 210 valence electrons. The van der Waals surface area contributed by atoms with Crippen LogP contribution in [0.25, 0.3) is 5.76 Å². The van der Waals surface area contributed by atoms with Crippen LogP contribution in [0.15, 0.2) is 82.7 Å². The summed E-state index contributed by atoms with van der Waals surface area (Å²) in [5.74, 6) is -1.05. The molecule has 2 heterocycles. The Balaban J connectivity index is 1.58. The summed E-state index contributed by atoms with van der Waals surface area (Å²) < 4.78 is 26.1. The number of Topliss-reactive ketones (excluding diaryl/α,β-unsaturated/α-hetero) is 1. The third kappa shape index (κ3) is 5.82. The molecule has 1 aliphatic rings. The van der Waals surface area contributed by atoms with E-state index in [1.54, 1.807) is 66.7 Å². The van der Waals surface area contributed by atoms with Crippen molar-refractivity contribution in [1.82, 2.24) is 10.2 Å². The third-order valence-corrected chi connectivity index (χ3v) is 8.39. The maximum atomic E-state index is 14.1. The van der Waals surface area contributed by atoms with Crippen LogP contribution in [-0.4, -0.2) is 40.2 Å². The molecule has 1 fully saturated rings. The van der Waals surface area contributed by atoms with Crippen LogP contribution in [0.1, 0.15) is 36.6 Å². The second kappa shape index (κ2) is 12.5. The molecule has 1 saturated heterocycles. The van der Waals surface area contributed by atoms with Gasteiger partial charge in [0.05, 0.1) is 24.8 Å². The van der Waals surface area contributed by atoms with Gasteiger partial charge in [0.15, 0.2) is 15.8 Å². The lowest BCUT2D eigenvalue weighted by Gasteiger charge is -2.23. The number of ether oxygens (including phenoxy) is 2. The number of benzene rings is 3. The molecule has 0 aliphatic carbocycles. The zero-order valence-corrected chi connectivity index (χ0v) is 23.9. The Morgan fingerprint density at radius 3 is 2.41 bits per heavy atom. The number of aliphatic hydroxyl groups excluding tert-OH is 1. The molecule has 41 heavy (non-hydrogen) atoms. The van der Waals surface area contributed by atoms with Crippen molar-refractivity contribution in [1.29, 1.82) is 0 Å². The summed E-state index contributed by atoms with van der Waals surface area (Å²) in [6.45, 7) is 4.48. The summed E-state index contributed by atoms with van der Waals surface area (Å²) in [4.78, 5) is 28.2. The molecule has 1 amide bonds. The smallest absolute Gasteiger partial charge is 0.301 e. The van der Waals surface area contributed by atoms with E-state index in [1.807, 2.05) is 13.8 Å². The Morgan fingerprint density at radius 1 is 0.976 bits per heavy atom. The second-order valence-electron chi connectivity index (χ2n) is 8.84. The number of nitrogens with zero attached hydrogens (tertiary/aromatic N) is 3. The molecule has 0 radical (unpaired) electrons. The van der Waals surface area contributed by atoms with Gasteiger partial charge < -0.3 is 14.6 Å². The maximum Gasteiger partial charge on any atom is 0.301 e. The predicted octanol–water partition coefficient (Wildman–Crippen LogP) is 6.39. The van der Waals surface area contributed by atoms with Crippen LogP contribution in [0.5, 0.6) is 11.5 Å². The Kier molecular flexibility index (Phi) is 8.65. The van der Waals surface area contributed by atoms with Crippen molar-refractivity contribution in [2.75, 3.05) is 18.1 Å². The minimum absolute atomic E-state index is 0.0800. The highest BCUT2D eigenvalue weighted by atomic mass is 32.2. The summed E-state index contributed by atoms with van der Waals surface area (Å²) in [5.41, 5.74) is 1.34. The van der Waals surface area contributed by atoms with Crippen LogP contribution in [0.2, 0.25) is 0 Å². The van der Waals surface area contributed by atoms with E-state index in [-0.39, 0.29) is 22.3 Å². The van der Waals surface area contributed by atoms with E-state index >= 15 is 0 Å². The van der Waals surface area contributed by atoms with Crippen molar-refractivity contribution >= 4 is 45.7 Å². The van der Waals surface area contributed by atoms with Gasteiger partial charge >= 0.3 is 5.91 Å². The van der Waals surface area contributed by atoms with Crippen LogP contribution < -0.4 is 14.4 Å². The lowest BCUT2D eigenvalue weighted by atomic mass is 9.95. The normalized spacial score (nSPS) is 16.3. The van der Waals surface area contributed by atoms with Gasteiger partial charge in [0.25, 0.3) is 5.78 Å². The first-order valence-corrected chi connectivity index (χ1v) is 14.7. The van der Waals surface area contributed by atoms with Gasteiger partial charge in [-0.05, 0) is 43.2 Å². The summed E-state index contributed by atoms with van der Waals surface area (Å²) in [6, 6.07) is 19.1. The fourth-order valence-corrected chi connectivity index (χ4v) is 6.30. The molecule has 4 aromatic rings. The number of aromatic nitrogens is 2. The van der Waals surface area contributed by atoms with E-state index < -0.39 is 17.7 Å². The monoisotopic (exact) mass is 591 g/mol. The van der Waals surface area contributed by atoms with Gasteiger partial charge in [0.2, 0.25) is 5.13 Å². The average Bonchev–Trinajstić information content (AvgIpc) is 3.55. The molecule has 0 saturated carbocycles. The first-order chi connectivity index (χ1) is 19.9. The Labute approximate surface area is 244 Å². The van der Waals surface area contributed by atoms with Gasteiger partial charge in [-0.2, -0.15) is 0 Å². The lowest BCUT2D eigenvalue weighted by molar-refractivity contribution is -0.132. The van der Waals surface area contributed by atoms with Crippen molar-refractivity contribution in [2.45, 2.75) is 30.0 Å². The topological polar surface area (TPSA) is 102 Å². The molecule has 0 bridgehead atoms. The molecule has 11 heteroatoms. The van der Waals surface area contributed by atoms with Crippen molar-refractivity contribution in [3.8, 4) is 11.5 Å². The number of carbonyl (C=O) groups is 2. The number of ketones is 1. The van der Waals surface area contributed by atoms with Gasteiger partial charge in [-0.25, -0.2) is 4.39 Å². The molecule has 1 atom stereocenters. The molecule has 8 nitrogen and oxygen atoms in total. The zero-order chi connectivity index (χ0) is 28.9. The van der Waals surface area contributed by atoms with Crippen LogP contribution in [0, 0.1) is 5.82 Å². The summed E-state index contributed by atoms with van der Waals surface area (Å²) in [6.07, 6.45) is 0. The quantitative estimate of drug-likeness (QED) is 0.0744. The molecule has 5 rings (SSSR count). The van der Waals surface area contributed by atoms with Gasteiger partial charge in [0.1, 0.15) is 11.6 Å². The number of thioether (sulfide) groups is 1. The van der Waals surface area contributed by atoms with Crippen LogP contribution >= 0.6 is 23.1 Å². The first kappa shape index (κ1) is 28.3. The highest BCUT2D eigenvalue weighted by Crippen LogP contribution is 2.45. The third-order valence-electron chi connectivity index (χ3n) is 6.29. The molecule has 1 aliphatic heterocycles. The van der Waals surface area contributed by atoms with E-state index in [4.69, 9.17) is 9.47 Å². The number of amides is 1. The fraction of sp³-hybridized carbons (Fsp3) is 0.200. The van der Waals surface area contributed by atoms with Gasteiger partial charge in [0, 0.05) is 11.3 Å². The van der Waals surface area contributed by atoms with Crippen molar-refractivity contribution < 1.29 is 28.6 Å². The van der Waals surface area contributed by atoms with E-state index in [1.165, 1.54) is 22.7 Å². The Bertz CT molecular complexity index is 1610. The number of rotatable bonds is 10. The number of halogens is 1. The first-order valence-electron chi connectivity index (χ1n) is 12.9. The summed E-state index contributed by atoms with van der Waals surface area (Å²) >= 11 is 2.38. The standard InChI is InChI=1S/C30H26FN3O5S2/c1-3-38-22-15-14-19(16-23(22)39-4-2)25-24(26(35)18-10-6-5-7-11-18)27(36)28(37)34(25)29-32-33-30(41-29)40-17-20-12-8-9-13-21(20)31/h5-16,25,35H,3-4,17H2,1-2H3/b26-24+. The van der Waals surface area contributed by atoms with Crippen LogP contribution in [-0.2, 0) is 15.3 Å². The Hall–Kier alpha value is -4.22. The van der Waals surface area contributed by atoms with Crippen LogP contribution in [0.4, 0.5) is 9.52 Å². The Morgan fingerprint density at radius 2 is 1.68 bits per heavy atom. The van der Waals surface area contributed by atoms with Crippen LogP contribution in [0.3, 0.4) is 0 Å². The lowest BCUT2D eigenvalue weighted by Crippen LogP contribution is -2.29. The van der Waals surface area contributed by atoms with Gasteiger partial charge in [-0.1, -0.05) is 77.7 Å². The number of carbonyl (C=O) groups excluding carboxylic acids is 2. The molecule has 1 N–H and O–H groups in total.